The van der Waals surface area contributed by atoms with Gasteiger partial charge in [-0.05, 0) is 47.0 Å². The summed E-state index contributed by atoms with van der Waals surface area (Å²) in [6.07, 6.45) is 1.72. The Morgan fingerprint density at radius 2 is 2.06 bits per heavy atom. The van der Waals surface area contributed by atoms with Gasteiger partial charge in [0, 0.05) is 17.6 Å². The topological polar surface area (TPSA) is 74.7 Å². The first-order chi connectivity index (χ1) is 8.34. The minimum absolute atomic E-state index is 0.0116. The lowest BCUT2D eigenvalue weighted by Crippen LogP contribution is -2.29. The Hall–Kier alpha value is -0.920. The molecule has 1 saturated carbocycles. The van der Waals surface area contributed by atoms with Crippen LogP contribution < -0.4 is 0 Å². The van der Waals surface area contributed by atoms with E-state index >= 15 is 0 Å². The number of benzene rings is 1. The smallest absolute Gasteiger partial charge is 0.336 e. The molecular weight excluding hydrogens is 322 g/mol. The molecule has 0 spiro atoms. The van der Waals surface area contributed by atoms with Crippen LogP contribution >= 0.6 is 15.9 Å². The highest BCUT2D eigenvalue weighted by Gasteiger charge is 2.35. The van der Waals surface area contributed by atoms with Crippen LogP contribution in [0.25, 0.3) is 0 Å². The zero-order valence-corrected chi connectivity index (χ0v) is 12.0. The summed E-state index contributed by atoms with van der Waals surface area (Å²) in [6.45, 7) is 0. The number of aromatic carboxylic acids is 1. The van der Waals surface area contributed by atoms with Gasteiger partial charge in [0.15, 0.2) is 0 Å². The van der Waals surface area contributed by atoms with Crippen molar-refractivity contribution in [2.75, 3.05) is 7.05 Å². The zero-order chi connectivity index (χ0) is 13.5. The van der Waals surface area contributed by atoms with Crippen molar-refractivity contribution >= 4 is 31.9 Å². The number of hydrogen-bond donors (Lipinski definition) is 1. The summed E-state index contributed by atoms with van der Waals surface area (Å²) in [5.74, 6) is -1.16. The Kier molecular flexibility index (Phi) is 3.48. The van der Waals surface area contributed by atoms with Crippen LogP contribution in [0, 0.1) is 0 Å². The Bertz CT molecular complexity index is 595. The third-order valence-electron chi connectivity index (χ3n) is 2.91. The predicted molar refractivity (Wildman–Crippen MR) is 69.1 cm³/mol. The van der Waals surface area contributed by atoms with E-state index in [1.807, 2.05) is 0 Å². The lowest BCUT2D eigenvalue weighted by atomic mass is 10.2. The van der Waals surface area contributed by atoms with Gasteiger partial charge >= 0.3 is 5.97 Å². The molecule has 0 aromatic heterocycles. The number of halogens is 1. The molecule has 5 nitrogen and oxygen atoms in total. The van der Waals surface area contributed by atoms with Gasteiger partial charge in [0.05, 0.1) is 10.5 Å². The molecule has 0 radical (unpaired) electrons. The molecule has 0 saturated heterocycles. The van der Waals surface area contributed by atoms with Crippen LogP contribution in [0.1, 0.15) is 23.2 Å². The lowest BCUT2D eigenvalue weighted by Gasteiger charge is -2.16. The molecule has 1 aromatic rings. The summed E-state index contributed by atoms with van der Waals surface area (Å²) in [4.78, 5) is 11.0. The fourth-order valence-electron chi connectivity index (χ4n) is 1.63. The van der Waals surface area contributed by atoms with Crippen LogP contribution in [0.15, 0.2) is 27.6 Å². The summed E-state index contributed by atoms with van der Waals surface area (Å²) in [5.41, 5.74) is -0.0553. The number of carbonyl (C=O) groups is 1. The van der Waals surface area contributed by atoms with Gasteiger partial charge < -0.3 is 5.11 Å². The third kappa shape index (κ3) is 2.43. The molecule has 18 heavy (non-hydrogen) atoms. The van der Waals surface area contributed by atoms with E-state index in [0.717, 1.165) is 12.8 Å². The quantitative estimate of drug-likeness (QED) is 0.913. The summed E-state index contributed by atoms with van der Waals surface area (Å²) in [7, 11) is -2.08. The summed E-state index contributed by atoms with van der Waals surface area (Å²) in [6, 6.07) is 4.08. The van der Waals surface area contributed by atoms with Crippen molar-refractivity contribution in [1.29, 1.82) is 0 Å². The molecule has 0 amide bonds. The minimum atomic E-state index is -3.60. The highest BCUT2D eigenvalue weighted by atomic mass is 79.9. The first-order valence-corrected chi connectivity index (χ1v) is 7.58. The normalized spacial score (nSPS) is 15.9. The highest BCUT2D eigenvalue weighted by Crippen LogP contribution is 2.31. The first kappa shape index (κ1) is 13.5. The molecule has 0 atom stereocenters. The van der Waals surface area contributed by atoms with E-state index in [0.29, 0.717) is 4.47 Å². The van der Waals surface area contributed by atoms with E-state index in [2.05, 4.69) is 15.9 Å². The predicted octanol–water partition coefficient (Wildman–Crippen LogP) is 1.93. The standard InChI is InChI=1S/C11H12BrNO4S/c1-13(7-2-3-7)18(16,17)8-4-5-10(12)9(6-8)11(14)15/h4-7H,2-3H2,1H3,(H,14,15). The molecule has 1 N–H and O–H groups in total. The SMILES string of the molecule is CN(C1CC1)S(=O)(=O)c1ccc(Br)c(C(=O)O)c1. The lowest BCUT2D eigenvalue weighted by molar-refractivity contribution is 0.0695. The Balaban J connectivity index is 2.44. The van der Waals surface area contributed by atoms with Crippen molar-refractivity contribution in [3.63, 3.8) is 0 Å². The highest BCUT2D eigenvalue weighted by molar-refractivity contribution is 9.10. The number of carboxylic acids is 1. The molecule has 98 valence electrons. The van der Waals surface area contributed by atoms with Crippen molar-refractivity contribution in [2.24, 2.45) is 0 Å². The second-order valence-corrected chi connectivity index (χ2v) is 7.05. The summed E-state index contributed by atoms with van der Waals surface area (Å²) >= 11 is 3.09. The second kappa shape index (κ2) is 4.64. The summed E-state index contributed by atoms with van der Waals surface area (Å²) in [5, 5.41) is 8.98. The molecule has 0 aliphatic heterocycles. The molecule has 1 aliphatic rings. The monoisotopic (exact) mass is 333 g/mol. The van der Waals surface area contributed by atoms with Gasteiger partial charge in [0.25, 0.3) is 0 Å². The molecule has 1 fully saturated rings. The van der Waals surface area contributed by atoms with Crippen molar-refractivity contribution < 1.29 is 18.3 Å². The second-order valence-electron chi connectivity index (χ2n) is 4.20. The fraction of sp³-hybridized carbons (Fsp3) is 0.364. The maximum absolute atomic E-state index is 12.2. The third-order valence-corrected chi connectivity index (χ3v) is 5.50. The van der Waals surface area contributed by atoms with Crippen LogP contribution in [-0.4, -0.2) is 36.9 Å². The first-order valence-electron chi connectivity index (χ1n) is 5.35. The van der Waals surface area contributed by atoms with Crippen LogP contribution in [0.3, 0.4) is 0 Å². The van der Waals surface area contributed by atoms with Crippen molar-refractivity contribution in [3.05, 3.63) is 28.2 Å². The molecule has 0 bridgehead atoms. The minimum Gasteiger partial charge on any atom is -0.478 e. The summed E-state index contributed by atoms with van der Waals surface area (Å²) < 4.78 is 26.1. The average Bonchev–Trinajstić information content (AvgIpc) is 3.11. The van der Waals surface area contributed by atoms with Gasteiger partial charge in [-0.1, -0.05) is 0 Å². The van der Waals surface area contributed by atoms with Gasteiger partial charge in [-0.2, -0.15) is 4.31 Å². The van der Waals surface area contributed by atoms with E-state index in [4.69, 9.17) is 5.11 Å². The van der Waals surface area contributed by atoms with Crippen molar-refractivity contribution in [2.45, 2.75) is 23.8 Å². The van der Waals surface area contributed by atoms with Gasteiger partial charge in [-0.15, -0.1) is 0 Å². The van der Waals surface area contributed by atoms with Gasteiger partial charge in [-0.25, -0.2) is 13.2 Å². The molecule has 2 rings (SSSR count). The van der Waals surface area contributed by atoms with E-state index in [1.54, 1.807) is 0 Å². The number of carboxylic acid groups (broad SMARTS) is 1. The molecule has 1 aliphatic carbocycles. The van der Waals surface area contributed by atoms with Gasteiger partial charge in [0.1, 0.15) is 0 Å². The Morgan fingerprint density at radius 1 is 1.44 bits per heavy atom. The Labute approximate surface area is 114 Å². The number of rotatable bonds is 4. The van der Waals surface area contributed by atoms with Gasteiger partial charge in [0.2, 0.25) is 10.0 Å². The largest absolute Gasteiger partial charge is 0.478 e. The Morgan fingerprint density at radius 3 is 2.56 bits per heavy atom. The molecule has 0 unspecified atom stereocenters. The van der Waals surface area contributed by atoms with Gasteiger partial charge in [-0.3, -0.25) is 0 Å². The maximum atomic E-state index is 12.2. The zero-order valence-electron chi connectivity index (χ0n) is 9.63. The number of nitrogens with zero attached hydrogens (tertiary/aromatic N) is 1. The van der Waals surface area contributed by atoms with Crippen molar-refractivity contribution in [1.82, 2.24) is 4.31 Å². The van der Waals surface area contributed by atoms with Crippen LogP contribution in [-0.2, 0) is 10.0 Å². The number of sulfonamides is 1. The van der Waals surface area contributed by atoms with E-state index < -0.39 is 16.0 Å². The molecule has 1 aromatic carbocycles. The maximum Gasteiger partial charge on any atom is 0.336 e. The van der Waals surface area contributed by atoms with Crippen LogP contribution in [0.4, 0.5) is 0 Å². The molecular formula is C11H12BrNO4S. The molecule has 7 heteroatoms. The van der Waals surface area contributed by atoms with E-state index in [-0.39, 0.29) is 16.5 Å². The van der Waals surface area contributed by atoms with E-state index in [1.165, 1.54) is 29.6 Å². The van der Waals surface area contributed by atoms with Crippen molar-refractivity contribution in [3.8, 4) is 0 Å². The van der Waals surface area contributed by atoms with Crippen LogP contribution in [0.2, 0.25) is 0 Å². The number of hydrogen-bond acceptors (Lipinski definition) is 3. The van der Waals surface area contributed by atoms with Crippen LogP contribution in [0.5, 0.6) is 0 Å². The van der Waals surface area contributed by atoms with E-state index in [9.17, 15) is 13.2 Å². The molecule has 0 heterocycles. The fourth-order valence-corrected chi connectivity index (χ4v) is 3.49. The average molecular weight is 334 g/mol.